The van der Waals surface area contributed by atoms with Gasteiger partial charge in [-0.15, -0.1) is 0 Å². The maximum Gasteiger partial charge on any atom is 0.251 e. The van der Waals surface area contributed by atoms with Crippen LogP contribution in [0.1, 0.15) is 40.9 Å². The van der Waals surface area contributed by atoms with Gasteiger partial charge in [-0.25, -0.2) is 4.39 Å². The minimum atomic E-state index is -0.910. The molecule has 1 unspecified atom stereocenters. The first-order valence-corrected chi connectivity index (χ1v) is 8.61. The quantitative estimate of drug-likeness (QED) is 0.867. The van der Waals surface area contributed by atoms with E-state index in [2.05, 4.69) is 5.32 Å². The normalized spacial score (nSPS) is 15.8. The molecule has 1 aliphatic rings. The zero-order valence-corrected chi connectivity index (χ0v) is 14.9. The fraction of sp³-hybridized carbons (Fsp3) is 0.250. The van der Waals surface area contributed by atoms with Gasteiger partial charge in [-0.2, -0.15) is 0 Å². The average Bonchev–Trinajstić information content (AvgIpc) is 2.63. The van der Waals surface area contributed by atoms with Crippen molar-refractivity contribution in [3.8, 4) is 0 Å². The van der Waals surface area contributed by atoms with E-state index in [0.717, 1.165) is 23.6 Å². The summed E-state index contributed by atoms with van der Waals surface area (Å²) in [5, 5.41) is 2.65. The molecule has 0 radical (unpaired) electrons. The summed E-state index contributed by atoms with van der Waals surface area (Å²) in [7, 11) is 0. The highest BCUT2D eigenvalue weighted by molar-refractivity contribution is 5.96. The van der Waals surface area contributed by atoms with Gasteiger partial charge in [-0.05, 0) is 35.7 Å². The van der Waals surface area contributed by atoms with Crippen molar-refractivity contribution in [1.82, 2.24) is 4.90 Å². The first kappa shape index (κ1) is 18.6. The van der Waals surface area contributed by atoms with Crippen LogP contribution >= 0.6 is 0 Å². The minimum Gasteiger partial charge on any atom is -0.366 e. The van der Waals surface area contributed by atoms with E-state index in [4.69, 9.17) is 5.73 Å². The first-order chi connectivity index (χ1) is 12.9. The van der Waals surface area contributed by atoms with Crippen molar-refractivity contribution >= 4 is 23.4 Å². The Labute approximate surface area is 156 Å². The average molecular weight is 369 g/mol. The van der Waals surface area contributed by atoms with Gasteiger partial charge >= 0.3 is 0 Å². The second-order valence-corrected chi connectivity index (χ2v) is 6.49. The van der Waals surface area contributed by atoms with Crippen LogP contribution in [-0.2, 0) is 16.0 Å². The van der Waals surface area contributed by atoms with E-state index in [1.54, 1.807) is 4.90 Å². The molecular formula is C20H20FN3O3. The van der Waals surface area contributed by atoms with Crippen LogP contribution < -0.4 is 11.1 Å². The number of halogens is 1. The highest BCUT2D eigenvalue weighted by atomic mass is 19.1. The molecule has 6 nitrogen and oxygen atoms in total. The maximum absolute atomic E-state index is 13.6. The number of hydrogen-bond acceptors (Lipinski definition) is 3. The summed E-state index contributed by atoms with van der Waals surface area (Å²) in [4.78, 5) is 37.5. The fourth-order valence-electron chi connectivity index (χ4n) is 3.43. The monoisotopic (exact) mass is 369 g/mol. The molecule has 0 fully saturated rings. The summed E-state index contributed by atoms with van der Waals surface area (Å²) >= 11 is 0. The summed E-state index contributed by atoms with van der Waals surface area (Å²) in [6.07, 6.45) is 0.799. The number of nitrogens with one attached hydrogen (secondary N) is 1. The Morgan fingerprint density at radius 1 is 1.22 bits per heavy atom. The van der Waals surface area contributed by atoms with Crippen molar-refractivity contribution in [1.29, 1.82) is 0 Å². The molecule has 1 atom stereocenters. The Morgan fingerprint density at radius 2 is 1.96 bits per heavy atom. The summed E-state index contributed by atoms with van der Waals surface area (Å²) in [5.41, 5.74) is 7.18. The van der Waals surface area contributed by atoms with Gasteiger partial charge in [0.2, 0.25) is 11.8 Å². The predicted molar refractivity (Wildman–Crippen MR) is 98.4 cm³/mol. The number of amides is 3. The molecule has 0 saturated heterocycles. The van der Waals surface area contributed by atoms with E-state index in [1.807, 2.05) is 24.3 Å². The standard InChI is InChI=1S/C20H20FN3O3/c1-12(25)24-9-8-13-4-2-3-5-15(13)18(24)11-19(26)23-14-6-7-17(21)16(10-14)20(22)27/h2-7,10,18H,8-9,11H2,1H3,(H2,22,27)(H,23,26). The Hall–Kier alpha value is -3.22. The lowest BCUT2D eigenvalue weighted by atomic mass is 9.90. The Kier molecular flexibility index (Phi) is 5.21. The molecule has 140 valence electrons. The number of carbonyl (C=O) groups excluding carboxylic acids is 3. The highest BCUT2D eigenvalue weighted by Gasteiger charge is 2.30. The Morgan fingerprint density at radius 3 is 2.67 bits per heavy atom. The number of hydrogen-bond donors (Lipinski definition) is 2. The zero-order valence-electron chi connectivity index (χ0n) is 14.9. The number of nitrogens with two attached hydrogens (primary N) is 1. The number of rotatable bonds is 4. The molecule has 2 aromatic rings. The van der Waals surface area contributed by atoms with E-state index in [1.165, 1.54) is 19.1 Å². The molecule has 27 heavy (non-hydrogen) atoms. The van der Waals surface area contributed by atoms with Gasteiger partial charge in [0.05, 0.1) is 18.0 Å². The highest BCUT2D eigenvalue weighted by Crippen LogP contribution is 2.32. The number of fused-ring (bicyclic) bond motifs is 1. The van der Waals surface area contributed by atoms with E-state index < -0.39 is 11.7 Å². The summed E-state index contributed by atoms with van der Waals surface area (Å²) in [5.74, 6) is -2.10. The lowest BCUT2D eigenvalue weighted by Crippen LogP contribution is -2.40. The smallest absolute Gasteiger partial charge is 0.251 e. The molecule has 3 N–H and O–H groups in total. The van der Waals surface area contributed by atoms with E-state index in [9.17, 15) is 18.8 Å². The van der Waals surface area contributed by atoms with Crippen LogP contribution in [0.15, 0.2) is 42.5 Å². The van der Waals surface area contributed by atoms with Crippen molar-refractivity contribution in [2.45, 2.75) is 25.8 Å². The van der Waals surface area contributed by atoms with E-state index in [0.29, 0.717) is 6.54 Å². The van der Waals surface area contributed by atoms with Crippen LogP contribution in [0.3, 0.4) is 0 Å². The Bertz CT molecular complexity index is 913. The second-order valence-electron chi connectivity index (χ2n) is 6.49. The van der Waals surface area contributed by atoms with Crippen molar-refractivity contribution < 1.29 is 18.8 Å². The van der Waals surface area contributed by atoms with Gasteiger partial charge < -0.3 is 16.0 Å². The number of benzene rings is 2. The molecule has 0 bridgehead atoms. The van der Waals surface area contributed by atoms with Crippen molar-refractivity contribution in [2.75, 3.05) is 11.9 Å². The lowest BCUT2D eigenvalue weighted by molar-refractivity contribution is -0.132. The molecule has 7 heteroatoms. The zero-order chi connectivity index (χ0) is 19.6. The number of carbonyl (C=O) groups is 3. The molecule has 0 saturated carbocycles. The molecule has 1 aliphatic heterocycles. The maximum atomic E-state index is 13.6. The van der Waals surface area contributed by atoms with E-state index >= 15 is 0 Å². The molecule has 3 rings (SSSR count). The van der Waals surface area contributed by atoms with Gasteiger partial charge in [0.1, 0.15) is 5.82 Å². The van der Waals surface area contributed by atoms with Crippen LogP contribution in [0.5, 0.6) is 0 Å². The number of nitrogens with zero attached hydrogens (tertiary/aromatic N) is 1. The van der Waals surface area contributed by atoms with Crippen LogP contribution in [0.2, 0.25) is 0 Å². The third kappa shape index (κ3) is 3.97. The SMILES string of the molecule is CC(=O)N1CCc2ccccc2C1CC(=O)Nc1ccc(F)c(C(N)=O)c1. The lowest BCUT2D eigenvalue weighted by Gasteiger charge is -2.36. The van der Waals surface area contributed by atoms with Crippen LogP contribution in [0.25, 0.3) is 0 Å². The van der Waals surface area contributed by atoms with Gasteiger partial charge in [0.25, 0.3) is 5.91 Å². The Balaban J connectivity index is 1.81. The molecule has 2 aromatic carbocycles. The van der Waals surface area contributed by atoms with Crippen molar-refractivity contribution in [2.24, 2.45) is 5.73 Å². The van der Waals surface area contributed by atoms with Crippen LogP contribution in [-0.4, -0.2) is 29.2 Å². The largest absolute Gasteiger partial charge is 0.366 e. The van der Waals surface area contributed by atoms with E-state index in [-0.39, 0.29) is 35.5 Å². The van der Waals surface area contributed by atoms with Gasteiger partial charge in [-0.1, -0.05) is 24.3 Å². The third-order valence-electron chi connectivity index (χ3n) is 4.71. The van der Waals surface area contributed by atoms with Gasteiger partial charge in [0, 0.05) is 19.2 Å². The summed E-state index contributed by atoms with van der Waals surface area (Å²) in [6.45, 7) is 2.03. The first-order valence-electron chi connectivity index (χ1n) is 8.61. The summed E-state index contributed by atoms with van der Waals surface area (Å²) in [6, 6.07) is 11.0. The molecule has 1 heterocycles. The number of primary amides is 1. The minimum absolute atomic E-state index is 0.0554. The molecule has 0 spiro atoms. The van der Waals surface area contributed by atoms with Crippen molar-refractivity contribution in [3.63, 3.8) is 0 Å². The third-order valence-corrected chi connectivity index (χ3v) is 4.71. The molecule has 3 amide bonds. The van der Waals surface area contributed by atoms with Crippen molar-refractivity contribution in [3.05, 3.63) is 65.0 Å². The van der Waals surface area contributed by atoms with Crippen LogP contribution in [0.4, 0.5) is 10.1 Å². The number of anilines is 1. The fourth-order valence-corrected chi connectivity index (χ4v) is 3.43. The molecule has 0 aliphatic carbocycles. The molecule has 0 aromatic heterocycles. The van der Waals surface area contributed by atoms with Crippen LogP contribution in [0, 0.1) is 5.82 Å². The predicted octanol–water partition coefficient (Wildman–Crippen LogP) is 2.40. The topological polar surface area (TPSA) is 92.5 Å². The van der Waals surface area contributed by atoms with Gasteiger partial charge in [-0.3, -0.25) is 14.4 Å². The summed E-state index contributed by atoms with van der Waals surface area (Å²) < 4.78 is 13.6. The second kappa shape index (κ2) is 7.57. The van der Waals surface area contributed by atoms with Gasteiger partial charge in [0.15, 0.2) is 0 Å². The molecular weight excluding hydrogens is 349 g/mol.